The van der Waals surface area contributed by atoms with Crippen LogP contribution in [0.1, 0.15) is 44.6 Å². The van der Waals surface area contributed by atoms with Gasteiger partial charge in [0.25, 0.3) is 0 Å². The van der Waals surface area contributed by atoms with Gasteiger partial charge in [-0.2, -0.15) is 0 Å². The molecule has 0 bridgehead atoms. The van der Waals surface area contributed by atoms with Crippen LogP contribution >= 0.6 is 0 Å². The fourth-order valence-electron chi connectivity index (χ4n) is 2.73. The first-order chi connectivity index (χ1) is 9.06. The zero-order valence-electron chi connectivity index (χ0n) is 12.6. The van der Waals surface area contributed by atoms with E-state index in [0.29, 0.717) is 12.1 Å². The van der Waals surface area contributed by atoms with Gasteiger partial charge in [0.2, 0.25) is 0 Å². The summed E-state index contributed by atoms with van der Waals surface area (Å²) >= 11 is 0. The first-order valence-electron chi connectivity index (χ1n) is 7.38. The van der Waals surface area contributed by atoms with E-state index in [9.17, 15) is 0 Å². The number of nitrogens with one attached hydrogen (secondary N) is 1. The van der Waals surface area contributed by atoms with E-state index >= 15 is 0 Å². The summed E-state index contributed by atoms with van der Waals surface area (Å²) in [6.45, 7) is 10.7. The smallest absolute Gasteiger partial charge is 0.132 e. The molecule has 1 aromatic heterocycles. The van der Waals surface area contributed by atoms with Crippen molar-refractivity contribution in [2.24, 2.45) is 0 Å². The minimum absolute atomic E-state index is 0.456. The molecule has 1 aliphatic rings. The molecule has 0 saturated carbocycles. The van der Waals surface area contributed by atoms with Gasteiger partial charge in [0, 0.05) is 30.4 Å². The predicted molar refractivity (Wildman–Crippen MR) is 79.6 cm³/mol. The van der Waals surface area contributed by atoms with Gasteiger partial charge in [0.1, 0.15) is 11.6 Å². The molecule has 1 aliphatic heterocycles. The van der Waals surface area contributed by atoms with Crippen molar-refractivity contribution < 1.29 is 0 Å². The highest BCUT2D eigenvalue weighted by Crippen LogP contribution is 2.18. The number of aryl methyl sites for hydroxylation is 2. The van der Waals surface area contributed by atoms with Gasteiger partial charge < -0.3 is 10.2 Å². The lowest BCUT2D eigenvalue weighted by atomic mass is 10.0. The molecular formula is C15H26N4. The minimum Gasteiger partial charge on any atom is -0.353 e. The van der Waals surface area contributed by atoms with Gasteiger partial charge in [-0.1, -0.05) is 6.42 Å². The molecule has 1 unspecified atom stereocenters. The van der Waals surface area contributed by atoms with Gasteiger partial charge in [-0.15, -0.1) is 0 Å². The van der Waals surface area contributed by atoms with E-state index in [-0.39, 0.29) is 0 Å². The van der Waals surface area contributed by atoms with E-state index in [1.54, 1.807) is 0 Å². The monoisotopic (exact) mass is 262 g/mol. The Bertz CT molecular complexity index is 390. The van der Waals surface area contributed by atoms with Crippen LogP contribution in [-0.2, 0) is 0 Å². The van der Waals surface area contributed by atoms with Gasteiger partial charge >= 0.3 is 0 Å². The Hall–Kier alpha value is -1.16. The lowest BCUT2D eigenvalue weighted by Gasteiger charge is -2.34. The van der Waals surface area contributed by atoms with Gasteiger partial charge in [0.15, 0.2) is 0 Å². The third-order valence-corrected chi connectivity index (χ3v) is 3.70. The van der Waals surface area contributed by atoms with Crippen LogP contribution in [0.25, 0.3) is 0 Å². The van der Waals surface area contributed by atoms with Crippen LogP contribution in [0.15, 0.2) is 6.07 Å². The van der Waals surface area contributed by atoms with Crippen molar-refractivity contribution in [2.75, 3.05) is 18.0 Å². The molecule has 1 saturated heterocycles. The lowest BCUT2D eigenvalue weighted by molar-refractivity contribution is 0.392. The van der Waals surface area contributed by atoms with E-state index in [1.807, 2.05) is 13.8 Å². The average molecular weight is 262 g/mol. The maximum absolute atomic E-state index is 4.61. The first kappa shape index (κ1) is 14.3. The highest BCUT2D eigenvalue weighted by molar-refractivity contribution is 5.41. The lowest BCUT2D eigenvalue weighted by Crippen LogP contribution is -2.46. The molecule has 2 rings (SSSR count). The molecule has 0 spiro atoms. The highest BCUT2D eigenvalue weighted by atomic mass is 15.2. The molecule has 19 heavy (non-hydrogen) atoms. The molecule has 0 aromatic carbocycles. The minimum atomic E-state index is 0.456. The van der Waals surface area contributed by atoms with E-state index < -0.39 is 0 Å². The molecule has 106 valence electrons. The fraction of sp³-hybridized carbons (Fsp3) is 0.733. The van der Waals surface area contributed by atoms with Gasteiger partial charge in [0.05, 0.1) is 0 Å². The largest absolute Gasteiger partial charge is 0.353 e. The van der Waals surface area contributed by atoms with Crippen molar-refractivity contribution in [1.29, 1.82) is 0 Å². The number of hydrogen-bond donors (Lipinski definition) is 1. The molecule has 0 amide bonds. The van der Waals surface area contributed by atoms with Crippen LogP contribution in [0, 0.1) is 13.8 Å². The Morgan fingerprint density at radius 3 is 2.68 bits per heavy atom. The van der Waals surface area contributed by atoms with Crippen LogP contribution in [0.2, 0.25) is 0 Å². The quantitative estimate of drug-likeness (QED) is 0.905. The summed E-state index contributed by atoms with van der Waals surface area (Å²) in [5.74, 6) is 1.92. The number of nitrogens with zero attached hydrogens (tertiary/aromatic N) is 3. The summed E-state index contributed by atoms with van der Waals surface area (Å²) in [4.78, 5) is 11.4. The first-order valence-corrected chi connectivity index (χ1v) is 7.38. The number of anilines is 1. The summed E-state index contributed by atoms with van der Waals surface area (Å²) < 4.78 is 0. The predicted octanol–water partition coefficient (Wildman–Crippen LogP) is 2.45. The summed E-state index contributed by atoms with van der Waals surface area (Å²) in [6.07, 6.45) is 3.92. The Balaban J connectivity index is 2.14. The number of aromatic nitrogens is 2. The van der Waals surface area contributed by atoms with E-state index in [1.165, 1.54) is 19.3 Å². The second-order valence-corrected chi connectivity index (χ2v) is 5.81. The molecular weight excluding hydrogens is 236 g/mol. The molecule has 0 aliphatic carbocycles. The fourth-order valence-corrected chi connectivity index (χ4v) is 2.73. The van der Waals surface area contributed by atoms with E-state index in [0.717, 1.165) is 30.4 Å². The van der Waals surface area contributed by atoms with Crippen molar-refractivity contribution in [3.63, 3.8) is 0 Å². The molecule has 4 heteroatoms. The maximum atomic E-state index is 4.61. The standard InChI is InChI=1S/C15H26N4/c1-11(2)19(10-14-7-5-6-8-16-14)15-9-12(3)17-13(4)18-15/h9,11,14,16H,5-8,10H2,1-4H3. The Morgan fingerprint density at radius 2 is 2.11 bits per heavy atom. The summed E-state index contributed by atoms with van der Waals surface area (Å²) in [7, 11) is 0. The van der Waals surface area contributed by atoms with Crippen LogP contribution < -0.4 is 10.2 Å². The Kier molecular flexibility index (Phi) is 4.75. The van der Waals surface area contributed by atoms with Crippen LogP contribution in [0.3, 0.4) is 0 Å². The van der Waals surface area contributed by atoms with Gasteiger partial charge in [-0.25, -0.2) is 9.97 Å². The van der Waals surface area contributed by atoms with Crippen LogP contribution in [0.4, 0.5) is 5.82 Å². The Labute approximate surface area is 116 Å². The van der Waals surface area contributed by atoms with Crippen LogP contribution in [-0.4, -0.2) is 35.1 Å². The molecule has 1 fully saturated rings. The third kappa shape index (κ3) is 3.90. The molecule has 1 atom stereocenters. The number of piperidine rings is 1. The summed E-state index contributed by atoms with van der Waals surface area (Å²) in [5.41, 5.74) is 1.05. The highest BCUT2D eigenvalue weighted by Gasteiger charge is 2.20. The second-order valence-electron chi connectivity index (χ2n) is 5.81. The topological polar surface area (TPSA) is 41.0 Å². The third-order valence-electron chi connectivity index (χ3n) is 3.70. The second kappa shape index (κ2) is 6.33. The van der Waals surface area contributed by atoms with Gasteiger partial charge in [-0.3, -0.25) is 0 Å². The summed E-state index contributed by atoms with van der Waals surface area (Å²) in [5, 5.41) is 3.62. The average Bonchev–Trinajstić information content (AvgIpc) is 2.35. The van der Waals surface area contributed by atoms with Crippen molar-refractivity contribution in [3.8, 4) is 0 Å². The molecule has 1 aromatic rings. The van der Waals surface area contributed by atoms with E-state index in [2.05, 4.69) is 40.1 Å². The Morgan fingerprint density at radius 1 is 1.32 bits per heavy atom. The zero-order chi connectivity index (χ0) is 13.8. The van der Waals surface area contributed by atoms with E-state index in [4.69, 9.17) is 0 Å². The normalized spacial score (nSPS) is 19.7. The van der Waals surface area contributed by atoms with Crippen molar-refractivity contribution >= 4 is 5.82 Å². The molecule has 2 heterocycles. The summed E-state index contributed by atoms with van der Waals surface area (Å²) in [6, 6.07) is 3.14. The van der Waals surface area contributed by atoms with Gasteiger partial charge in [-0.05, 0) is 47.1 Å². The van der Waals surface area contributed by atoms with Crippen molar-refractivity contribution in [3.05, 3.63) is 17.6 Å². The van der Waals surface area contributed by atoms with Crippen LogP contribution in [0.5, 0.6) is 0 Å². The SMILES string of the molecule is Cc1cc(N(CC2CCCCN2)C(C)C)nc(C)n1. The number of rotatable bonds is 4. The molecule has 4 nitrogen and oxygen atoms in total. The van der Waals surface area contributed by atoms with Crippen molar-refractivity contribution in [2.45, 2.75) is 59.0 Å². The molecule has 0 radical (unpaired) electrons. The maximum Gasteiger partial charge on any atom is 0.132 e. The van der Waals surface area contributed by atoms with Crippen molar-refractivity contribution in [1.82, 2.24) is 15.3 Å². The zero-order valence-corrected chi connectivity index (χ0v) is 12.6. The molecule has 1 N–H and O–H groups in total. The number of hydrogen-bond acceptors (Lipinski definition) is 4.